The molecule has 1 atom stereocenters. The van der Waals surface area contributed by atoms with Gasteiger partial charge in [-0.2, -0.15) is 0 Å². The number of hydrogen-bond acceptors (Lipinski definition) is 4. The highest BCUT2D eigenvalue weighted by molar-refractivity contribution is 9.10. The van der Waals surface area contributed by atoms with Gasteiger partial charge in [-0.15, -0.1) is 0 Å². The molecule has 0 radical (unpaired) electrons. The molecule has 114 valence electrons. The lowest BCUT2D eigenvalue weighted by atomic mass is 10.1. The Hall–Kier alpha value is -2.28. The molecule has 0 amide bonds. The van der Waals surface area contributed by atoms with Gasteiger partial charge in [0, 0.05) is 22.2 Å². The van der Waals surface area contributed by atoms with Crippen molar-refractivity contribution < 1.29 is 18.8 Å². The number of Topliss-reactive ketones (excluding diaryl/α,β-unsaturated/α-hetero) is 1. The van der Waals surface area contributed by atoms with Crippen LogP contribution in [0.5, 0.6) is 5.75 Å². The first-order valence-electron chi connectivity index (χ1n) is 6.29. The van der Waals surface area contributed by atoms with E-state index in [4.69, 9.17) is 4.74 Å². The van der Waals surface area contributed by atoms with Crippen molar-refractivity contribution in [1.29, 1.82) is 0 Å². The summed E-state index contributed by atoms with van der Waals surface area (Å²) in [5, 5.41) is 10.9. The van der Waals surface area contributed by atoms with Gasteiger partial charge < -0.3 is 4.74 Å². The van der Waals surface area contributed by atoms with Gasteiger partial charge in [-0.05, 0) is 25.1 Å². The van der Waals surface area contributed by atoms with Crippen molar-refractivity contribution in [1.82, 2.24) is 0 Å². The highest BCUT2D eigenvalue weighted by atomic mass is 79.9. The Bertz CT molecular complexity index is 718. The summed E-state index contributed by atoms with van der Waals surface area (Å²) in [5.74, 6) is -1.31. The molecule has 22 heavy (non-hydrogen) atoms. The molecule has 2 aromatic rings. The maximum Gasteiger partial charge on any atom is 0.311 e. The summed E-state index contributed by atoms with van der Waals surface area (Å²) in [6.07, 6.45) is -0.985. The number of rotatable bonds is 5. The lowest BCUT2D eigenvalue weighted by Gasteiger charge is -2.14. The van der Waals surface area contributed by atoms with Crippen molar-refractivity contribution in [2.24, 2.45) is 0 Å². The van der Waals surface area contributed by atoms with E-state index in [9.17, 15) is 19.3 Å². The van der Waals surface area contributed by atoms with Crippen LogP contribution in [0.25, 0.3) is 0 Å². The Morgan fingerprint density at radius 2 is 1.91 bits per heavy atom. The summed E-state index contributed by atoms with van der Waals surface area (Å²) in [6.45, 7) is 1.46. The van der Waals surface area contributed by atoms with Gasteiger partial charge in [-0.3, -0.25) is 14.9 Å². The van der Waals surface area contributed by atoms with Crippen LogP contribution in [0.4, 0.5) is 10.1 Å². The van der Waals surface area contributed by atoms with Crippen LogP contribution >= 0.6 is 15.9 Å². The topological polar surface area (TPSA) is 69.4 Å². The molecule has 0 fully saturated rings. The molecule has 0 unspecified atom stereocenters. The maximum absolute atomic E-state index is 13.2. The largest absolute Gasteiger partial charge is 0.475 e. The van der Waals surface area contributed by atoms with Crippen LogP contribution in [0.1, 0.15) is 17.3 Å². The fourth-order valence-corrected chi connectivity index (χ4v) is 2.09. The number of hydrogen-bond donors (Lipinski definition) is 0. The van der Waals surface area contributed by atoms with Crippen LogP contribution in [-0.2, 0) is 0 Å². The second-order valence-corrected chi connectivity index (χ2v) is 5.42. The number of nitrogens with zero attached hydrogens (tertiary/aromatic N) is 1. The van der Waals surface area contributed by atoms with Crippen molar-refractivity contribution in [2.75, 3.05) is 0 Å². The molecule has 2 aromatic carbocycles. The molecule has 7 heteroatoms. The zero-order valence-electron chi connectivity index (χ0n) is 11.5. The number of ketones is 1. The number of ether oxygens (including phenoxy) is 1. The third kappa shape index (κ3) is 3.67. The number of benzene rings is 2. The summed E-state index contributed by atoms with van der Waals surface area (Å²) >= 11 is 3.26. The molecule has 0 aliphatic carbocycles. The van der Waals surface area contributed by atoms with E-state index in [2.05, 4.69) is 15.9 Å². The van der Waals surface area contributed by atoms with E-state index in [0.29, 0.717) is 5.56 Å². The zero-order chi connectivity index (χ0) is 16.3. The molecule has 0 aliphatic heterocycles. The van der Waals surface area contributed by atoms with E-state index < -0.39 is 22.5 Å². The van der Waals surface area contributed by atoms with Gasteiger partial charge in [0.15, 0.2) is 6.10 Å². The van der Waals surface area contributed by atoms with Crippen LogP contribution in [0.3, 0.4) is 0 Å². The van der Waals surface area contributed by atoms with E-state index in [1.54, 1.807) is 24.3 Å². The average Bonchev–Trinajstić information content (AvgIpc) is 2.47. The van der Waals surface area contributed by atoms with E-state index in [1.165, 1.54) is 6.92 Å². The molecular formula is C15H11BrFNO4. The first-order valence-corrected chi connectivity index (χ1v) is 7.08. The van der Waals surface area contributed by atoms with Crippen LogP contribution in [0.2, 0.25) is 0 Å². The quantitative estimate of drug-likeness (QED) is 0.452. The number of halogens is 2. The Morgan fingerprint density at radius 1 is 1.27 bits per heavy atom. The summed E-state index contributed by atoms with van der Waals surface area (Å²) in [5.41, 5.74) is 0.00612. The molecule has 0 bridgehead atoms. The van der Waals surface area contributed by atoms with Crippen LogP contribution < -0.4 is 4.74 Å². The number of nitro benzene ring substituents is 1. The van der Waals surface area contributed by atoms with Gasteiger partial charge in [0.25, 0.3) is 0 Å². The van der Waals surface area contributed by atoms with Gasteiger partial charge >= 0.3 is 5.69 Å². The lowest BCUT2D eigenvalue weighted by molar-refractivity contribution is -0.386. The van der Waals surface area contributed by atoms with Gasteiger partial charge in [-0.1, -0.05) is 28.1 Å². The first-order chi connectivity index (χ1) is 10.4. The third-order valence-electron chi connectivity index (χ3n) is 2.92. The molecule has 0 aliphatic rings. The number of nitro groups is 1. The summed E-state index contributed by atoms with van der Waals surface area (Å²) in [6, 6.07) is 9.46. The van der Waals surface area contributed by atoms with Crippen molar-refractivity contribution >= 4 is 27.4 Å². The Balaban J connectivity index is 2.23. The minimum atomic E-state index is -0.985. The van der Waals surface area contributed by atoms with E-state index in [0.717, 1.165) is 22.7 Å². The third-order valence-corrected chi connectivity index (χ3v) is 3.45. The van der Waals surface area contributed by atoms with Crippen LogP contribution in [-0.4, -0.2) is 16.8 Å². The fraction of sp³-hybridized carbons (Fsp3) is 0.133. The highest BCUT2D eigenvalue weighted by Gasteiger charge is 2.22. The molecule has 5 nitrogen and oxygen atoms in total. The predicted octanol–water partition coefficient (Wildman–Crippen LogP) is 4.15. The van der Waals surface area contributed by atoms with Crippen LogP contribution in [0, 0.1) is 15.9 Å². The van der Waals surface area contributed by atoms with Crippen molar-refractivity contribution in [3.8, 4) is 5.75 Å². The lowest BCUT2D eigenvalue weighted by Crippen LogP contribution is -2.24. The maximum atomic E-state index is 13.2. The zero-order valence-corrected chi connectivity index (χ0v) is 13.0. The van der Waals surface area contributed by atoms with Gasteiger partial charge in [-0.25, -0.2) is 4.39 Å². The second-order valence-electron chi connectivity index (χ2n) is 4.50. The molecule has 0 spiro atoms. The van der Waals surface area contributed by atoms with Crippen molar-refractivity contribution in [3.05, 3.63) is 68.4 Å². The van der Waals surface area contributed by atoms with Gasteiger partial charge in [0.05, 0.1) is 4.92 Å². The Kier molecular flexibility index (Phi) is 4.87. The minimum absolute atomic E-state index is 0.275. The fourth-order valence-electron chi connectivity index (χ4n) is 1.83. The van der Waals surface area contributed by atoms with Crippen LogP contribution in [0.15, 0.2) is 46.9 Å². The number of carbonyl (C=O) groups excluding carboxylic acids is 1. The SMILES string of the molecule is C[C@H](Oc1cc(F)ccc1[N+](=O)[O-])C(=O)c1ccc(Br)cc1. The Morgan fingerprint density at radius 3 is 2.50 bits per heavy atom. The highest BCUT2D eigenvalue weighted by Crippen LogP contribution is 2.29. The predicted molar refractivity (Wildman–Crippen MR) is 81.6 cm³/mol. The van der Waals surface area contributed by atoms with E-state index in [1.807, 2.05) is 0 Å². The van der Waals surface area contributed by atoms with E-state index >= 15 is 0 Å². The van der Waals surface area contributed by atoms with Crippen molar-refractivity contribution in [3.63, 3.8) is 0 Å². The first kappa shape index (κ1) is 16.1. The average molecular weight is 368 g/mol. The summed E-state index contributed by atoms with van der Waals surface area (Å²) < 4.78 is 19.3. The van der Waals surface area contributed by atoms with Crippen molar-refractivity contribution in [2.45, 2.75) is 13.0 Å². The number of carbonyl (C=O) groups is 1. The molecule has 0 saturated heterocycles. The molecule has 0 aromatic heterocycles. The Labute approximate surface area is 134 Å². The molecule has 0 saturated carbocycles. The summed E-state index contributed by atoms with van der Waals surface area (Å²) in [7, 11) is 0. The monoisotopic (exact) mass is 367 g/mol. The normalized spacial score (nSPS) is 11.8. The molecule has 0 N–H and O–H groups in total. The van der Waals surface area contributed by atoms with Gasteiger partial charge in [0.1, 0.15) is 5.82 Å². The van der Waals surface area contributed by atoms with Gasteiger partial charge in [0.2, 0.25) is 11.5 Å². The standard InChI is InChI=1S/C15H11BrFNO4/c1-9(15(19)10-2-4-11(16)5-3-10)22-14-8-12(17)6-7-13(14)18(20)21/h2-9H,1H3/t9-/m0/s1. The molecule has 2 rings (SSSR count). The smallest absolute Gasteiger partial charge is 0.311 e. The second kappa shape index (κ2) is 6.65. The minimum Gasteiger partial charge on any atom is -0.475 e. The molecule has 0 heterocycles. The summed E-state index contributed by atoms with van der Waals surface area (Å²) in [4.78, 5) is 22.4. The molecular weight excluding hydrogens is 357 g/mol. The van der Waals surface area contributed by atoms with E-state index in [-0.39, 0.29) is 11.5 Å².